The van der Waals surface area contributed by atoms with Crippen LogP contribution in [0, 0.1) is 23.7 Å². The molecule has 8 rings (SSSR count). The molecular formula is C46H58Cl2N4O18. The van der Waals surface area contributed by atoms with Crippen molar-refractivity contribution in [1.82, 2.24) is 9.80 Å². The minimum atomic E-state index is -2.89. The Morgan fingerprint density at radius 3 is 1.16 bits per heavy atom. The number of primary amides is 2. The quantitative estimate of drug-likeness (QED) is 0.164. The summed E-state index contributed by atoms with van der Waals surface area (Å²) in [5.41, 5.74) is 2.94. The molecule has 17 N–H and O–H groups in total. The van der Waals surface area contributed by atoms with Crippen molar-refractivity contribution in [2.24, 2.45) is 35.1 Å². The van der Waals surface area contributed by atoms with Crippen molar-refractivity contribution in [3.8, 4) is 11.5 Å². The molecule has 0 aromatic heterocycles. The summed E-state index contributed by atoms with van der Waals surface area (Å²) in [5, 5.41) is 117. The van der Waals surface area contributed by atoms with Gasteiger partial charge in [0.05, 0.1) is 47.3 Å². The summed E-state index contributed by atoms with van der Waals surface area (Å²) in [5.74, 6) is -17.7. The van der Waals surface area contributed by atoms with Gasteiger partial charge in [-0.1, -0.05) is 38.1 Å². The molecule has 6 aliphatic carbocycles. The van der Waals surface area contributed by atoms with E-state index in [1.807, 2.05) is 0 Å². The van der Waals surface area contributed by atoms with Crippen LogP contribution in [-0.4, -0.2) is 177 Å². The van der Waals surface area contributed by atoms with Gasteiger partial charge in [0.2, 0.25) is 11.6 Å². The van der Waals surface area contributed by atoms with Crippen LogP contribution in [0.25, 0.3) is 11.5 Å². The number of benzene rings is 2. The van der Waals surface area contributed by atoms with Crippen molar-refractivity contribution in [3.63, 3.8) is 0 Å². The van der Waals surface area contributed by atoms with E-state index < -0.39 is 151 Å². The van der Waals surface area contributed by atoms with Crippen molar-refractivity contribution in [1.29, 1.82) is 0 Å². The molecule has 2 fully saturated rings. The molecule has 0 radical (unpaired) electrons. The lowest BCUT2D eigenvalue weighted by Crippen LogP contribution is -2.70. The fourth-order valence-corrected chi connectivity index (χ4v) is 11.2. The van der Waals surface area contributed by atoms with Gasteiger partial charge in [0.15, 0.2) is 22.8 Å². The molecule has 2 aromatic rings. The lowest BCUT2D eigenvalue weighted by molar-refractivity contribution is -0.170. The Labute approximate surface area is 412 Å². The lowest BCUT2D eigenvalue weighted by Gasteiger charge is -2.53. The second-order valence-corrected chi connectivity index (χ2v) is 17.9. The minimum Gasteiger partial charge on any atom is -0.508 e. The van der Waals surface area contributed by atoms with E-state index in [9.17, 15) is 79.8 Å². The summed E-state index contributed by atoms with van der Waals surface area (Å²) >= 11 is 0. The molecule has 0 unspecified atom stereocenters. The molecule has 22 nitrogen and oxygen atoms in total. The highest BCUT2D eigenvalue weighted by atomic mass is 35.5. The minimum absolute atomic E-state index is 0. The largest absolute Gasteiger partial charge is 0.508 e. The van der Waals surface area contributed by atoms with Crippen LogP contribution in [0.3, 0.4) is 0 Å². The van der Waals surface area contributed by atoms with E-state index in [0.717, 1.165) is 0 Å². The van der Waals surface area contributed by atoms with E-state index in [2.05, 4.69) is 0 Å². The van der Waals surface area contributed by atoms with Gasteiger partial charge in [0.25, 0.3) is 11.8 Å². The first-order valence-electron chi connectivity index (χ1n) is 21.1. The maximum atomic E-state index is 13.7. The number of rotatable bonds is 4. The highest BCUT2D eigenvalue weighted by molar-refractivity contribution is 6.26. The molecule has 70 heavy (non-hydrogen) atoms. The number of aromatic hydroxyl groups is 2. The molecule has 6 aliphatic rings. The maximum absolute atomic E-state index is 13.7. The highest BCUT2D eigenvalue weighted by Crippen LogP contribution is 2.58. The van der Waals surface area contributed by atoms with Crippen molar-refractivity contribution in [2.45, 2.75) is 68.1 Å². The Morgan fingerprint density at radius 1 is 0.614 bits per heavy atom. The summed E-state index contributed by atoms with van der Waals surface area (Å²) in [7, 11) is 5.84. The third-order valence-corrected chi connectivity index (χ3v) is 14.0. The second kappa shape index (κ2) is 20.4. The van der Waals surface area contributed by atoms with Crippen LogP contribution in [0.4, 0.5) is 0 Å². The van der Waals surface area contributed by atoms with Gasteiger partial charge in [0, 0.05) is 29.6 Å². The first kappa shape index (κ1) is 58.4. The zero-order valence-electron chi connectivity index (χ0n) is 38.7. The average Bonchev–Trinajstić information content (AvgIpc) is 3.23. The molecule has 0 aliphatic heterocycles. The predicted molar refractivity (Wildman–Crippen MR) is 252 cm³/mol. The first-order chi connectivity index (χ1) is 31.1. The molecule has 2 aromatic carbocycles. The third-order valence-electron chi connectivity index (χ3n) is 14.0. The number of hydrogen-bond acceptors (Lipinski definition) is 19. The molecule has 0 saturated heterocycles. The number of halogens is 2. The number of amides is 2. The SMILES string of the molecule is CCO.C[C@H]1c2cccc(O)c2C(O)=C2C(=O)[C@]3(O)C(O)=C(C(N)=O)C(=O)[C@@H](N(C)C)[C@@H]3[C@@H](O)[C@@H]21.C[C@H]1c2cccc(O)c2C(O)=C2C(=O)[C@]3(O)C(O)=C(C(N)=O)C(=O)[C@@H](N(C)C)[C@@H]3[C@@H](O)[C@@H]21.Cl.Cl.O. The van der Waals surface area contributed by atoms with Gasteiger partial charge in [-0.2, -0.15) is 0 Å². The zero-order valence-corrected chi connectivity index (χ0v) is 40.3. The van der Waals surface area contributed by atoms with Crippen LogP contribution in [0.1, 0.15) is 54.9 Å². The van der Waals surface area contributed by atoms with E-state index in [1.54, 1.807) is 45.0 Å². The number of hydrogen-bond donors (Lipinski definition) is 13. The van der Waals surface area contributed by atoms with E-state index in [0.29, 0.717) is 11.1 Å². The molecule has 384 valence electrons. The molecule has 0 heterocycles. The average molecular weight is 1030 g/mol. The van der Waals surface area contributed by atoms with Crippen LogP contribution in [-0.2, 0) is 28.8 Å². The number of aliphatic hydroxyl groups excluding tert-OH is 7. The number of phenolic OH excluding ortho intramolecular Hbond substituents is 2. The third kappa shape index (κ3) is 8.01. The number of carbonyl (C=O) groups excluding carboxylic acids is 6. The van der Waals surface area contributed by atoms with Gasteiger partial charge in [-0.3, -0.25) is 38.6 Å². The number of aliphatic hydroxyl groups is 9. The molecule has 24 heteroatoms. The fourth-order valence-electron chi connectivity index (χ4n) is 11.2. The van der Waals surface area contributed by atoms with Crippen LogP contribution in [0.5, 0.6) is 11.5 Å². The van der Waals surface area contributed by atoms with Gasteiger partial charge in [0.1, 0.15) is 45.7 Å². The Balaban J connectivity index is 0.000000337. The molecule has 2 saturated carbocycles. The number of phenols is 2. The molecule has 0 spiro atoms. The van der Waals surface area contributed by atoms with Gasteiger partial charge in [-0.05, 0) is 70.2 Å². The van der Waals surface area contributed by atoms with Gasteiger partial charge < -0.3 is 73.1 Å². The van der Waals surface area contributed by atoms with Crippen LogP contribution in [0.2, 0.25) is 0 Å². The smallest absolute Gasteiger partial charge is 0.255 e. The summed E-state index contributed by atoms with van der Waals surface area (Å²) < 4.78 is 0. The zero-order chi connectivity index (χ0) is 50.4. The molecule has 0 bridgehead atoms. The Morgan fingerprint density at radius 2 is 0.900 bits per heavy atom. The van der Waals surface area contributed by atoms with Crippen LogP contribution in [0.15, 0.2) is 70.2 Å². The molecule has 12 atom stereocenters. The Kier molecular flexibility index (Phi) is 17.0. The Bertz CT molecular complexity index is 2490. The standard InChI is InChI=1S/2C22H24N2O8.C2H6O.2ClH.H2O/c2*1-7-8-5-4-6-9(25)11(8)16(26)12-10(7)17(27)14-15(24(2)3)18(28)13(21(23)31)20(30)22(14,32)19(12)29;1-2-3;;;/h2*4-7,10,14-15,17,25-27,30,32H,1-3H3,(H2,23,31);3H,2H2,1H3;2*1H;1H2/t2*7-,10+,14+,15-,17-,22-;;;;/m00..../s1. The van der Waals surface area contributed by atoms with E-state index in [4.69, 9.17) is 16.6 Å². The van der Waals surface area contributed by atoms with Crippen molar-refractivity contribution >= 4 is 71.3 Å². The molecule has 2 amide bonds. The number of carbonyl (C=O) groups is 6. The summed E-state index contributed by atoms with van der Waals surface area (Å²) in [4.78, 5) is 79.9. The normalized spacial score (nSPS) is 31.7. The monoisotopic (exact) mass is 1020 g/mol. The van der Waals surface area contributed by atoms with Gasteiger partial charge in [-0.15, -0.1) is 24.8 Å². The topological polar surface area (TPSA) is 415 Å². The van der Waals surface area contributed by atoms with Crippen LogP contribution >= 0.6 is 24.8 Å². The predicted octanol–water partition coefficient (Wildman–Crippen LogP) is -0.991. The van der Waals surface area contributed by atoms with E-state index in [1.165, 1.54) is 50.1 Å². The van der Waals surface area contributed by atoms with Crippen LogP contribution < -0.4 is 11.5 Å². The fraction of sp³-hybridized carbons (Fsp3) is 0.435. The lowest BCUT2D eigenvalue weighted by atomic mass is 9.54. The molecular weight excluding hydrogens is 967 g/mol. The number of ketones is 4. The Hall–Kier alpha value is -5.92. The summed E-state index contributed by atoms with van der Waals surface area (Å²) in [6.45, 7) is 5.28. The number of nitrogens with two attached hydrogens (primary N) is 2. The first-order valence-corrected chi connectivity index (χ1v) is 21.1. The van der Waals surface area contributed by atoms with Crippen molar-refractivity contribution < 1.29 is 90.4 Å². The summed E-state index contributed by atoms with van der Waals surface area (Å²) in [6.07, 6.45) is -3.18. The van der Waals surface area contributed by atoms with Gasteiger partial charge >= 0.3 is 0 Å². The second-order valence-electron chi connectivity index (χ2n) is 17.9. The van der Waals surface area contributed by atoms with E-state index >= 15 is 0 Å². The van der Waals surface area contributed by atoms with Gasteiger partial charge in [-0.25, -0.2) is 0 Å². The number of nitrogens with zero attached hydrogens (tertiary/aromatic N) is 2. The van der Waals surface area contributed by atoms with Crippen molar-refractivity contribution in [3.05, 3.63) is 92.5 Å². The van der Waals surface area contributed by atoms with Crippen molar-refractivity contribution in [2.75, 3.05) is 34.8 Å². The maximum Gasteiger partial charge on any atom is 0.255 e. The number of Topliss-reactive ketones (excluding diaryl/α,β-unsaturated/α-hetero) is 4. The summed E-state index contributed by atoms with van der Waals surface area (Å²) in [6, 6.07) is 6.26. The number of likely N-dealkylation sites (N-methyl/N-ethyl adjacent to an activating group) is 2. The highest BCUT2D eigenvalue weighted by Gasteiger charge is 2.70. The van der Waals surface area contributed by atoms with E-state index in [-0.39, 0.29) is 59.5 Å². The number of fused-ring (bicyclic) bond motifs is 6.